The SMILES string of the molecule is CC1C(=O)C2CCCCC2[S+]1C. The number of carbonyl (C=O) groups is 1. The van der Waals surface area contributed by atoms with Gasteiger partial charge in [0.25, 0.3) is 0 Å². The van der Waals surface area contributed by atoms with Crippen LogP contribution in [0.3, 0.4) is 0 Å². The molecule has 2 fully saturated rings. The highest BCUT2D eigenvalue weighted by atomic mass is 32.2. The molecular weight excluding hydrogens is 168 g/mol. The minimum Gasteiger partial charge on any atom is -0.294 e. The van der Waals surface area contributed by atoms with Crippen molar-refractivity contribution in [3.05, 3.63) is 0 Å². The van der Waals surface area contributed by atoms with Crippen LogP contribution in [-0.2, 0) is 15.7 Å². The van der Waals surface area contributed by atoms with E-state index in [9.17, 15) is 4.79 Å². The number of Topliss-reactive ketones (excluding diaryl/α,β-unsaturated/α-hetero) is 1. The minimum atomic E-state index is 0.373. The summed E-state index contributed by atoms with van der Waals surface area (Å²) in [6, 6.07) is 0. The van der Waals surface area contributed by atoms with Gasteiger partial charge in [0.2, 0.25) is 0 Å². The Kier molecular flexibility index (Phi) is 2.19. The molecule has 1 saturated heterocycles. The lowest BCUT2D eigenvalue weighted by molar-refractivity contribution is -0.121. The van der Waals surface area contributed by atoms with Gasteiger partial charge in [0.15, 0.2) is 11.0 Å². The number of rotatable bonds is 0. The Labute approximate surface area is 77.3 Å². The van der Waals surface area contributed by atoms with Crippen molar-refractivity contribution < 1.29 is 4.79 Å². The van der Waals surface area contributed by atoms with E-state index >= 15 is 0 Å². The molecule has 0 aromatic carbocycles. The van der Waals surface area contributed by atoms with E-state index in [0.717, 1.165) is 5.25 Å². The monoisotopic (exact) mass is 185 g/mol. The fraction of sp³-hybridized carbons (Fsp3) is 0.900. The predicted octanol–water partition coefficient (Wildman–Crippen LogP) is 1.76. The van der Waals surface area contributed by atoms with Crippen LogP contribution >= 0.6 is 0 Å². The molecule has 68 valence electrons. The molecule has 12 heavy (non-hydrogen) atoms. The Balaban J connectivity index is 2.19. The van der Waals surface area contributed by atoms with Crippen molar-refractivity contribution in [2.75, 3.05) is 6.26 Å². The molecule has 1 aliphatic carbocycles. The highest BCUT2D eigenvalue weighted by Crippen LogP contribution is 2.39. The van der Waals surface area contributed by atoms with Gasteiger partial charge in [-0.2, -0.15) is 0 Å². The van der Waals surface area contributed by atoms with Crippen molar-refractivity contribution in [3.8, 4) is 0 Å². The molecule has 0 aromatic heterocycles. The molecule has 0 amide bonds. The largest absolute Gasteiger partial charge is 0.294 e. The van der Waals surface area contributed by atoms with Crippen LogP contribution in [0.2, 0.25) is 0 Å². The summed E-state index contributed by atoms with van der Waals surface area (Å²) in [6.45, 7) is 2.13. The average molecular weight is 185 g/mol. The maximum Gasteiger partial charge on any atom is 0.192 e. The van der Waals surface area contributed by atoms with Gasteiger partial charge in [0.05, 0.1) is 12.2 Å². The first-order chi connectivity index (χ1) is 5.72. The lowest BCUT2D eigenvalue weighted by Crippen LogP contribution is -2.26. The number of hydrogen-bond donors (Lipinski definition) is 0. The van der Waals surface area contributed by atoms with Crippen LogP contribution in [0.5, 0.6) is 0 Å². The van der Waals surface area contributed by atoms with Crippen LogP contribution in [0.1, 0.15) is 32.6 Å². The van der Waals surface area contributed by atoms with Crippen LogP contribution in [0.25, 0.3) is 0 Å². The van der Waals surface area contributed by atoms with Gasteiger partial charge in [-0.1, -0.05) is 6.42 Å². The summed E-state index contributed by atoms with van der Waals surface area (Å²) < 4.78 is 0. The van der Waals surface area contributed by atoms with Crippen molar-refractivity contribution in [3.63, 3.8) is 0 Å². The van der Waals surface area contributed by atoms with Crippen molar-refractivity contribution in [2.24, 2.45) is 5.92 Å². The molecule has 0 spiro atoms. The van der Waals surface area contributed by atoms with Gasteiger partial charge in [-0.05, 0) is 37.1 Å². The lowest BCUT2D eigenvalue weighted by atomic mass is 9.85. The first-order valence-electron chi connectivity index (χ1n) is 4.89. The van der Waals surface area contributed by atoms with Gasteiger partial charge in [0, 0.05) is 0 Å². The smallest absolute Gasteiger partial charge is 0.192 e. The van der Waals surface area contributed by atoms with E-state index in [0.29, 0.717) is 27.8 Å². The molecule has 1 nitrogen and oxygen atoms in total. The normalized spacial score (nSPS) is 47.7. The zero-order valence-electron chi connectivity index (χ0n) is 7.88. The quantitative estimate of drug-likeness (QED) is 0.526. The summed E-state index contributed by atoms with van der Waals surface area (Å²) in [6.07, 6.45) is 7.44. The Morgan fingerprint density at radius 2 is 2.00 bits per heavy atom. The number of fused-ring (bicyclic) bond motifs is 1. The third kappa shape index (κ3) is 1.12. The van der Waals surface area contributed by atoms with E-state index < -0.39 is 0 Å². The first kappa shape index (κ1) is 8.61. The minimum absolute atomic E-state index is 0.373. The first-order valence-corrected chi connectivity index (χ1v) is 6.65. The Morgan fingerprint density at radius 3 is 2.67 bits per heavy atom. The van der Waals surface area contributed by atoms with E-state index in [2.05, 4.69) is 13.2 Å². The van der Waals surface area contributed by atoms with Crippen molar-refractivity contribution in [2.45, 2.75) is 43.1 Å². The van der Waals surface area contributed by atoms with Crippen molar-refractivity contribution in [1.29, 1.82) is 0 Å². The maximum atomic E-state index is 11.8. The van der Waals surface area contributed by atoms with Gasteiger partial charge in [-0.15, -0.1) is 0 Å². The highest BCUT2D eigenvalue weighted by molar-refractivity contribution is 7.98. The molecule has 2 aliphatic rings. The van der Waals surface area contributed by atoms with E-state index in [4.69, 9.17) is 0 Å². The predicted molar refractivity (Wildman–Crippen MR) is 53.5 cm³/mol. The summed E-state index contributed by atoms with van der Waals surface area (Å²) in [7, 11) is 0.386. The van der Waals surface area contributed by atoms with Crippen LogP contribution < -0.4 is 0 Å². The summed E-state index contributed by atoms with van der Waals surface area (Å²) in [5.74, 6) is 1.03. The molecule has 1 heterocycles. The summed E-state index contributed by atoms with van der Waals surface area (Å²) in [4.78, 5) is 11.8. The number of ketones is 1. The van der Waals surface area contributed by atoms with E-state index in [-0.39, 0.29) is 0 Å². The van der Waals surface area contributed by atoms with Gasteiger partial charge >= 0.3 is 0 Å². The zero-order chi connectivity index (χ0) is 8.72. The molecule has 0 radical (unpaired) electrons. The average Bonchev–Trinajstić information content (AvgIpc) is 2.33. The van der Waals surface area contributed by atoms with Gasteiger partial charge in [-0.3, -0.25) is 4.79 Å². The Bertz CT molecular complexity index is 202. The summed E-state index contributed by atoms with van der Waals surface area (Å²) in [5, 5.41) is 1.14. The Morgan fingerprint density at radius 1 is 1.33 bits per heavy atom. The molecule has 0 aromatic rings. The topological polar surface area (TPSA) is 17.1 Å². The molecule has 1 aliphatic heterocycles. The summed E-state index contributed by atoms with van der Waals surface area (Å²) >= 11 is 0. The second kappa shape index (κ2) is 3.06. The molecular formula is C10H17OS+. The molecule has 1 saturated carbocycles. The molecule has 0 N–H and O–H groups in total. The van der Waals surface area contributed by atoms with Crippen LogP contribution in [0, 0.1) is 5.92 Å². The van der Waals surface area contributed by atoms with Crippen LogP contribution in [0.15, 0.2) is 0 Å². The second-order valence-corrected chi connectivity index (χ2v) is 6.61. The second-order valence-electron chi connectivity index (χ2n) is 4.08. The third-order valence-electron chi connectivity index (χ3n) is 3.50. The molecule has 2 heteroatoms. The zero-order valence-corrected chi connectivity index (χ0v) is 8.69. The Hall–Kier alpha value is 0.0200. The molecule has 2 rings (SSSR count). The lowest BCUT2D eigenvalue weighted by Gasteiger charge is -2.20. The number of hydrogen-bond acceptors (Lipinski definition) is 1. The van der Waals surface area contributed by atoms with Gasteiger partial charge in [-0.25, -0.2) is 0 Å². The fourth-order valence-electron chi connectivity index (χ4n) is 2.61. The van der Waals surface area contributed by atoms with E-state index in [1.165, 1.54) is 25.7 Å². The van der Waals surface area contributed by atoms with E-state index in [1.54, 1.807) is 0 Å². The van der Waals surface area contributed by atoms with Gasteiger partial charge < -0.3 is 0 Å². The standard InChI is InChI=1S/C10H17OS/c1-7-10(11)8-5-3-4-6-9(8)12(7)2/h7-9H,3-6H2,1-2H3/q+1. The third-order valence-corrected chi connectivity index (χ3v) is 6.37. The van der Waals surface area contributed by atoms with Gasteiger partial charge in [0.1, 0.15) is 5.25 Å². The summed E-state index contributed by atoms with van der Waals surface area (Å²) in [5.41, 5.74) is 0. The van der Waals surface area contributed by atoms with Crippen LogP contribution in [-0.4, -0.2) is 22.5 Å². The molecule has 0 bridgehead atoms. The van der Waals surface area contributed by atoms with Crippen molar-refractivity contribution in [1.82, 2.24) is 0 Å². The van der Waals surface area contributed by atoms with Crippen LogP contribution in [0.4, 0.5) is 0 Å². The molecule has 4 unspecified atom stereocenters. The van der Waals surface area contributed by atoms with E-state index in [1.807, 2.05) is 0 Å². The molecule has 4 atom stereocenters. The maximum absolute atomic E-state index is 11.8. The highest BCUT2D eigenvalue weighted by Gasteiger charge is 2.53. The number of carbonyl (C=O) groups excluding carboxylic acids is 1. The van der Waals surface area contributed by atoms with Crippen molar-refractivity contribution >= 4 is 16.7 Å². The fourth-order valence-corrected chi connectivity index (χ4v) is 5.01.